The van der Waals surface area contributed by atoms with Crippen LogP contribution in [0.2, 0.25) is 10.0 Å². The van der Waals surface area contributed by atoms with Gasteiger partial charge in [-0.05, 0) is 17.7 Å². The van der Waals surface area contributed by atoms with Crippen LogP contribution in [0.25, 0.3) is 10.9 Å². The number of hydrogen-bond donors (Lipinski definition) is 1. The molecule has 0 atom stereocenters. The Morgan fingerprint density at radius 3 is 2.48 bits per heavy atom. The van der Waals surface area contributed by atoms with E-state index >= 15 is 0 Å². The number of halogens is 2. The molecule has 0 saturated heterocycles. The zero-order chi connectivity index (χ0) is 15.0. The largest absolute Gasteiger partial charge is 0.329 e. The van der Waals surface area contributed by atoms with Crippen molar-refractivity contribution in [1.29, 1.82) is 0 Å². The highest BCUT2D eigenvalue weighted by Gasteiger charge is 2.12. The second-order valence-electron chi connectivity index (χ2n) is 4.62. The van der Waals surface area contributed by atoms with Crippen molar-refractivity contribution in [1.82, 2.24) is 9.55 Å². The van der Waals surface area contributed by atoms with Crippen LogP contribution in [0.15, 0.2) is 52.1 Å². The molecule has 0 spiro atoms. The molecule has 2 aromatic carbocycles. The average Bonchev–Trinajstić information content (AvgIpc) is 2.43. The van der Waals surface area contributed by atoms with E-state index in [4.69, 9.17) is 23.2 Å². The summed E-state index contributed by atoms with van der Waals surface area (Å²) < 4.78 is 1.12. The number of benzene rings is 2. The Balaban J connectivity index is 2.25. The summed E-state index contributed by atoms with van der Waals surface area (Å²) in [7, 11) is 0. The van der Waals surface area contributed by atoms with E-state index in [1.165, 1.54) is 12.1 Å². The number of nitrogens with one attached hydrogen (secondary N) is 1. The Bertz CT molecular complexity index is 930. The molecule has 1 aromatic heterocycles. The molecule has 0 aliphatic heterocycles. The first-order valence-electron chi connectivity index (χ1n) is 6.22. The van der Waals surface area contributed by atoms with Crippen LogP contribution in [0.5, 0.6) is 0 Å². The van der Waals surface area contributed by atoms with Crippen LogP contribution in [0.1, 0.15) is 5.56 Å². The second-order valence-corrected chi connectivity index (χ2v) is 5.46. The van der Waals surface area contributed by atoms with Crippen molar-refractivity contribution in [2.45, 2.75) is 6.54 Å². The third kappa shape index (κ3) is 2.60. The van der Waals surface area contributed by atoms with Crippen LogP contribution in [-0.2, 0) is 6.54 Å². The van der Waals surface area contributed by atoms with Crippen molar-refractivity contribution >= 4 is 34.1 Å². The highest BCUT2D eigenvalue weighted by Crippen LogP contribution is 2.23. The van der Waals surface area contributed by atoms with Crippen LogP contribution in [-0.4, -0.2) is 9.55 Å². The second kappa shape index (κ2) is 5.39. The van der Waals surface area contributed by atoms with Crippen molar-refractivity contribution in [3.63, 3.8) is 0 Å². The van der Waals surface area contributed by atoms with Crippen molar-refractivity contribution in [3.05, 3.63) is 78.9 Å². The number of nitrogens with zero attached hydrogens (tertiary/aromatic N) is 1. The van der Waals surface area contributed by atoms with Gasteiger partial charge in [0.2, 0.25) is 0 Å². The molecule has 0 unspecified atom stereocenters. The third-order valence-corrected chi connectivity index (χ3v) is 3.70. The molecule has 0 saturated carbocycles. The van der Waals surface area contributed by atoms with Crippen molar-refractivity contribution < 1.29 is 0 Å². The molecule has 3 rings (SSSR count). The summed E-state index contributed by atoms with van der Waals surface area (Å²) in [5.41, 5.74) is 0.273. The summed E-state index contributed by atoms with van der Waals surface area (Å²) in [5, 5.41) is 0.848. The smallest absolute Gasteiger partial charge is 0.307 e. The van der Waals surface area contributed by atoms with Gasteiger partial charge in [0.25, 0.3) is 5.56 Å². The lowest BCUT2D eigenvalue weighted by Gasteiger charge is -2.08. The van der Waals surface area contributed by atoms with E-state index in [1.807, 2.05) is 30.3 Å². The van der Waals surface area contributed by atoms with Crippen LogP contribution < -0.4 is 11.2 Å². The zero-order valence-corrected chi connectivity index (χ0v) is 12.3. The molecular weight excluding hydrogens is 311 g/mol. The number of rotatable bonds is 2. The van der Waals surface area contributed by atoms with Gasteiger partial charge < -0.3 is 4.98 Å². The molecule has 4 nitrogen and oxygen atoms in total. The van der Waals surface area contributed by atoms with Crippen molar-refractivity contribution in [2.24, 2.45) is 0 Å². The molecule has 1 heterocycles. The Hall–Kier alpha value is -2.04. The van der Waals surface area contributed by atoms with Gasteiger partial charge in [-0.1, -0.05) is 53.5 Å². The van der Waals surface area contributed by atoms with Gasteiger partial charge in [0.15, 0.2) is 0 Å². The van der Waals surface area contributed by atoms with Gasteiger partial charge in [-0.2, -0.15) is 0 Å². The fraction of sp³-hybridized carbons (Fsp3) is 0.0667. The number of hydrogen-bond acceptors (Lipinski definition) is 2. The summed E-state index contributed by atoms with van der Waals surface area (Å²) in [6.07, 6.45) is 0. The maximum Gasteiger partial charge on any atom is 0.329 e. The van der Waals surface area contributed by atoms with E-state index in [-0.39, 0.29) is 17.0 Å². The molecule has 3 aromatic rings. The lowest BCUT2D eigenvalue weighted by Crippen LogP contribution is -2.35. The summed E-state index contributed by atoms with van der Waals surface area (Å²) in [6, 6.07) is 12.3. The predicted molar refractivity (Wildman–Crippen MR) is 84.4 cm³/mol. The number of fused-ring (bicyclic) bond motifs is 1. The molecule has 21 heavy (non-hydrogen) atoms. The summed E-state index contributed by atoms with van der Waals surface area (Å²) in [4.78, 5) is 27.2. The van der Waals surface area contributed by atoms with E-state index < -0.39 is 11.2 Å². The van der Waals surface area contributed by atoms with Gasteiger partial charge in [0.1, 0.15) is 0 Å². The third-order valence-electron chi connectivity index (χ3n) is 3.18. The Kier molecular flexibility index (Phi) is 3.57. The maximum absolute atomic E-state index is 12.5. The Labute approximate surface area is 129 Å². The highest BCUT2D eigenvalue weighted by molar-refractivity contribution is 6.38. The molecule has 0 aliphatic carbocycles. The van der Waals surface area contributed by atoms with E-state index in [2.05, 4.69) is 4.98 Å². The fourth-order valence-electron chi connectivity index (χ4n) is 2.21. The van der Waals surface area contributed by atoms with E-state index in [0.717, 1.165) is 10.1 Å². The predicted octanol–water partition coefficient (Wildman–Crippen LogP) is 3.04. The minimum Gasteiger partial charge on any atom is -0.307 e. The van der Waals surface area contributed by atoms with Gasteiger partial charge in [-0.3, -0.25) is 9.36 Å². The normalized spacial score (nSPS) is 11.0. The van der Waals surface area contributed by atoms with Crippen LogP contribution >= 0.6 is 23.2 Å². The van der Waals surface area contributed by atoms with Crippen molar-refractivity contribution in [2.75, 3.05) is 0 Å². The highest BCUT2D eigenvalue weighted by atomic mass is 35.5. The average molecular weight is 321 g/mol. The van der Waals surface area contributed by atoms with E-state index in [9.17, 15) is 9.59 Å². The van der Waals surface area contributed by atoms with Crippen molar-refractivity contribution in [3.8, 4) is 0 Å². The fourth-order valence-corrected chi connectivity index (χ4v) is 2.78. The SMILES string of the molecule is O=c1[nH]c2cc(Cl)cc(Cl)c2c(=O)n1Cc1ccccc1. The standard InChI is InChI=1S/C15H10Cl2N2O2/c16-10-6-11(17)13-12(7-10)18-15(21)19(14(13)20)8-9-4-2-1-3-5-9/h1-7H,8H2,(H,18,21). The summed E-state index contributed by atoms with van der Waals surface area (Å²) in [6.45, 7) is 0.184. The topological polar surface area (TPSA) is 54.9 Å². The molecule has 106 valence electrons. The van der Waals surface area contributed by atoms with Gasteiger partial charge in [0.05, 0.1) is 22.5 Å². The summed E-state index contributed by atoms with van der Waals surface area (Å²) in [5.74, 6) is 0. The van der Waals surface area contributed by atoms with Gasteiger partial charge in [-0.15, -0.1) is 0 Å². The van der Waals surface area contributed by atoms with Crippen LogP contribution in [0, 0.1) is 0 Å². The van der Waals surface area contributed by atoms with Gasteiger partial charge in [-0.25, -0.2) is 4.79 Å². The molecule has 0 amide bonds. The van der Waals surface area contributed by atoms with Crippen LogP contribution in [0.3, 0.4) is 0 Å². The first-order valence-corrected chi connectivity index (χ1v) is 6.97. The molecule has 0 aliphatic rings. The molecular formula is C15H10Cl2N2O2. The molecule has 6 heteroatoms. The van der Waals surface area contributed by atoms with E-state index in [0.29, 0.717) is 10.5 Å². The molecule has 0 bridgehead atoms. The zero-order valence-electron chi connectivity index (χ0n) is 10.8. The molecule has 1 N–H and O–H groups in total. The Morgan fingerprint density at radius 2 is 1.76 bits per heavy atom. The lowest BCUT2D eigenvalue weighted by atomic mass is 10.2. The van der Waals surface area contributed by atoms with E-state index in [1.54, 1.807) is 0 Å². The number of aromatic nitrogens is 2. The summed E-state index contributed by atoms with van der Waals surface area (Å²) >= 11 is 12.0. The first kappa shape index (κ1) is 13.9. The minimum absolute atomic E-state index is 0.184. The number of H-pyrrole nitrogens is 1. The molecule has 0 radical (unpaired) electrons. The Morgan fingerprint density at radius 1 is 1.05 bits per heavy atom. The van der Waals surface area contributed by atoms with Gasteiger partial charge in [0, 0.05) is 5.02 Å². The first-order chi connectivity index (χ1) is 10.1. The monoisotopic (exact) mass is 320 g/mol. The quantitative estimate of drug-likeness (QED) is 0.789. The van der Waals surface area contributed by atoms with Crippen LogP contribution in [0.4, 0.5) is 0 Å². The lowest BCUT2D eigenvalue weighted by molar-refractivity contribution is 0.712. The maximum atomic E-state index is 12.5. The van der Waals surface area contributed by atoms with Gasteiger partial charge >= 0.3 is 5.69 Å². The number of aromatic amines is 1. The minimum atomic E-state index is -0.491. The molecule has 0 fully saturated rings.